The Bertz CT molecular complexity index is 750. The molecule has 2 N–H and O–H groups in total. The number of halogens is 3. The molecule has 1 aromatic carbocycles. The van der Waals surface area contributed by atoms with Crippen LogP contribution in [-0.4, -0.2) is 39.9 Å². The van der Waals surface area contributed by atoms with Crippen molar-refractivity contribution in [1.29, 1.82) is 0 Å². The standard InChI is InChI=1S/C12H8Br3N3O5/c13-5-3-6(14)11(18(22)23)9(15)10(5)16-7-4-8(20)17(1-2-19)12(7)21/h3-4,16,19H,1-2H2. The maximum Gasteiger partial charge on any atom is 0.299 e. The zero-order chi connectivity index (χ0) is 17.3. The molecule has 1 aliphatic heterocycles. The largest absolute Gasteiger partial charge is 0.395 e. The van der Waals surface area contributed by atoms with E-state index in [4.69, 9.17) is 5.11 Å². The molecule has 23 heavy (non-hydrogen) atoms. The van der Waals surface area contributed by atoms with Crippen molar-refractivity contribution in [3.05, 3.63) is 41.4 Å². The summed E-state index contributed by atoms with van der Waals surface area (Å²) in [5, 5.41) is 22.7. The predicted octanol–water partition coefficient (Wildman–Crippen LogP) is 2.54. The molecule has 1 heterocycles. The topological polar surface area (TPSA) is 113 Å². The highest BCUT2D eigenvalue weighted by molar-refractivity contribution is 9.11. The van der Waals surface area contributed by atoms with Gasteiger partial charge in [0.2, 0.25) is 0 Å². The monoisotopic (exact) mass is 511 g/mol. The lowest BCUT2D eigenvalue weighted by Gasteiger charge is -2.15. The molecule has 2 rings (SSSR count). The molecule has 0 saturated heterocycles. The lowest BCUT2D eigenvalue weighted by Crippen LogP contribution is -2.34. The highest BCUT2D eigenvalue weighted by atomic mass is 79.9. The minimum atomic E-state index is -0.617. The summed E-state index contributed by atoms with van der Waals surface area (Å²) in [6, 6.07) is 1.46. The maximum absolute atomic E-state index is 12.1. The molecular formula is C12H8Br3N3O5. The molecule has 0 spiro atoms. The fourth-order valence-corrected chi connectivity index (χ4v) is 4.51. The van der Waals surface area contributed by atoms with Gasteiger partial charge in [-0.2, -0.15) is 0 Å². The van der Waals surface area contributed by atoms with Gasteiger partial charge >= 0.3 is 0 Å². The summed E-state index contributed by atoms with van der Waals surface area (Å²) in [6.45, 7) is -0.474. The number of carbonyl (C=O) groups excluding carboxylic acids is 2. The number of nitrogens with one attached hydrogen (secondary N) is 1. The van der Waals surface area contributed by atoms with Gasteiger partial charge in [0.05, 0.1) is 28.2 Å². The molecule has 1 aliphatic rings. The van der Waals surface area contributed by atoms with Gasteiger partial charge in [0, 0.05) is 10.5 Å². The number of rotatable bonds is 5. The third-order valence-electron chi connectivity index (χ3n) is 2.92. The average Bonchev–Trinajstić information content (AvgIpc) is 2.70. The number of β-amino-alcohol motifs (C(OH)–C–C–N with tert-alkyl or cyclic N) is 1. The summed E-state index contributed by atoms with van der Waals surface area (Å²) in [5.74, 6) is -1.18. The minimum absolute atomic E-state index is 0.0403. The zero-order valence-electron chi connectivity index (χ0n) is 11.2. The van der Waals surface area contributed by atoms with Crippen LogP contribution in [0.25, 0.3) is 0 Å². The third-order valence-corrected chi connectivity index (χ3v) is 4.92. The number of benzene rings is 1. The SMILES string of the molecule is O=C1C=C(Nc2c(Br)cc(Br)c([N+](=O)[O-])c2Br)C(=O)N1CCO. The Kier molecular flexibility index (Phi) is 5.55. The molecule has 0 bridgehead atoms. The quantitative estimate of drug-likeness (QED) is 0.355. The molecule has 8 nitrogen and oxygen atoms in total. The van der Waals surface area contributed by atoms with Gasteiger partial charge in [-0.25, -0.2) is 0 Å². The second-order valence-electron chi connectivity index (χ2n) is 4.34. The number of anilines is 1. The number of imide groups is 1. The van der Waals surface area contributed by atoms with Crippen LogP contribution in [0.15, 0.2) is 31.3 Å². The lowest BCUT2D eigenvalue weighted by molar-refractivity contribution is -0.386. The number of nitro groups is 1. The van der Waals surface area contributed by atoms with Gasteiger partial charge < -0.3 is 10.4 Å². The van der Waals surface area contributed by atoms with E-state index in [1.165, 1.54) is 6.07 Å². The van der Waals surface area contributed by atoms with E-state index in [0.717, 1.165) is 11.0 Å². The molecule has 0 atom stereocenters. The number of amides is 2. The van der Waals surface area contributed by atoms with Crippen LogP contribution in [0, 0.1) is 10.1 Å². The first kappa shape index (κ1) is 18.0. The minimum Gasteiger partial charge on any atom is -0.395 e. The third kappa shape index (κ3) is 3.47. The Balaban J connectivity index is 2.40. The van der Waals surface area contributed by atoms with Gasteiger partial charge in [-0.3, -0.25) is 24.6 Å². The van der Waals surface area contributed by atoms with Crippen LogP contribution in [0.2, 0.25) is 0 Å². The van der Waals surface area contributed by atoms with Crippen LogP contribution in [0.5, 0.6) is 0 Å². The normalized spacial score (nSPS) is 14.3. The van der Waals surface area contributed by atoms with Crippen LogP contribution in [0.1, 0.15) is 0 Å². The fourth-order valence-electron chi connectivity index (χ4n) is 1.91. The molecule has 0 aliphatic carbocycles. The van der Waals surface area contributed by atoms with Crippen LogP contribution in [-0.2, 0) is 9.59 Å². The molecule has 0 aromatic heterocycles. The molecule has 2 amide bonds. The molecule has 0 unspecified atom stereocenters. The highest BCUT2D eigenvalue weighted by Gasteiger charge is 2.32. The molecule has 11 heteroatoms. The van der Waals surface area contributed by atoms with E-state index in [1.807, 2.05) is 0 Å². The Morgan fingerprint density at radius 1 is 1.26 bits per heavy atom. The van der Waals surface area contributed by atoms with E-state index in [1.54, 1.807) is 0 Å². The number of aliphatic hydroxyl groups excluding tert-OH is 1. The molecule has 0 radical (unpaired) electrons. The van der Waals surface area contributed by atoms with Crippen molar-refractivity contribution in [2.45, 2.75) is 0 Å². The van der Waals surface area contributed by atoms with Crippen LogP contribution >= 0.6 is 47.8 Å². The van der Waals surface area contributed by atoms with E-state index < -0.39 is 16.7 Å². The fraction of sp³-hybridized carbons (Fsp3) is 0.167. The van der Waals surface area contributed by atoms with Gasteiger partial charge in [-0.15, -0.1) is 0 Å². The second kappa shape index (κ2) is 7.07. The first-order valence-electron chi connectivity index (χ1n) is 6.05. The van der Waals surface area contributed by atoms with E-state index in [2.05, 4.69) is 53.1 Å². The maximum atomic E-state index is 12.1. The summed E-state index contributed by atoms with van der Waals surface area (Å²) in [5.41, 5.74) is -0.0279. The van der Waals surface area contributed by atoms with Crippen molar-refractivity contribution >= 4 is 71.0 Å². The van der Waals surface area contributed by atoms with Gasteiger partial charge in [0.15, 0.2) is 0 Å². The van der Waals surface area contributed by atoms with E-state index in [0.29, 0.717) is 4.47 Å². The van der Waals surface area contributed by atoms with Gasteiger partial charge in [-0.1, -0.05) is 0 Å². The summed E-state index contributed by atoms with van der Waals surface area (Å²) in [4.78, 5) is 35.2. The zero-order valence-corrected chi connectivity index (χ0v) is 15.9. The number of carbonyl (C=O) groups is 2. The van der Waals surface area contributed by atoms with E-state index >= 15 is 0 Å². The highest BCUT2D eigenvalue weighted by Crippen LogP contribution is 2.43. The molecule has 0 fully saturated rings. The molecule has 1 aromatic rings. The first-order chi connectivity index (χ1) is 10.8. The first-order valence-corrected chi connectivity index (χ1v) is 8.43. The van der Waals surface area contributed by atoms with Crippen molar-refractivity contribution in [2.24, 2.45) is 0 Å². The van der Waals surface area contributed by atoms with Crippen molar-refractivity contribution in [3.63, 3.8) is 0 Å². The Labute approximate surface area is 155 Å². The van der Waals surface area contributed by atoms with Crippen LogP contribution < -0.4 is 5.32 Å². The van der Waals surface area contributed by atoms with Gasteiger partial charge in [0.1, 0.15) is 10.2 Å². The van der Waals surface area contributed by atoms with Crippen molar-refractivity contribution in [2.75, 3.05) is 18.5 Å². The number of aliphatic hydroxyl groups is 1. The van der Waals surface area contributed by atoms with Gasteiger partial charge in [-0.05, 0) is 53.9 Å². The van der Waals surface area contributed by atoms with E-state index in [-0.39, 0.29) is 39.2 Å². The smallest absolute Gasteiger partial charge is 0.299 e. The van der Waals surface area contributed by atoms with Crippen LogP contribution in [0.3, 0.4) is 0 Å². The summed E-state index contributed by atoms with van der Waals surface area (Å²) >= 11 is 9.47. The van der Waals surface area contributed by atoms with Crippen LogP contribution in [0.4, 0.5) is 11.4 Å². The van der Waals surface area contributed by atoms with Crippen molar-refractivity contribution in [1.82, 2.24) is 4.90 Å². The summed E-state index contributed by atoms with van der Waals surface area (Å²) in [6.07, 6.45) is 1.07. The Morgan fingerprint density at radius 3 is 2.48 bits per heavy atom. The summed E-state index contributed by atoms with van der Waals surface area (Å²) in [7, 11) is 0. The average molecular weight is 514 g/mol. The molecule has 0 saturated carbocycles. The number of hydrogen-bond acceptors (Lipinski definition) is 6. The van der Waals surface area contributed by atoms with Crippen molar-refractivity contribution in [3.8, 4) is 0 Å². The molecular weight excluding hydrogens is 506 g/mol. The molecule has 122 valence electrons. The lowest BCUT2D eigenvalue weighted by atomic mass is 10.2. The van der Waals surface area contributed by atoms with Crippen molar-refractivity contribution < 1.29 is 19.6 Å². The van der Waals surface area contributed by atoms with Gasteiger partial charge in [0.25, 0.3) is 17.5 Å². The Hall–Kier alpha value is -1.30. The second-order valence-corrected chi connectivity index (χ2v) is 6.84. The number of hydrogen-bond donors (Lipinski definition) is 2. The Morgan fingerprint density at radius 2 is 1.91 bits per heavy atom. The number of nitrogens with zero attached hydrogens (tertiary/aromatic N) is 2. The summed E-state index contributed by atoms with van der Waals surface area (Å²) < 4.78 is 0.811. The number of nitro benzene ring substituents is 1. The van der Waals surface area contributed by atoms with E-state index in [9.17, 15) is 19.7 Å². The predicted molar refractivity (Wildman–Crippen MR) is 91.7 cm³/mol.